The van der Waals surface area contributed by atoms with E-state index in [9.17, 15) is 4.79 Å². The first kappa shape index (κ1) is 15.8. The van der Waals surface area contributed by atoms with Crippen LogP contribution in [0.3, 0.4) is 0 Å². The topological polar surface area (TPSA) is 48.5 Å². The van der Waals surface area contributed by atoms with E-state index in [1.807, 2.05) is 27.0 Å². The molecule has 0 saturated carbocycles. The molecule has 1 fully saturated rings. The second-order valence-corrected chi connectivity index (χ2v) is 6.10. The largest absolute Gasteiger partial charge is 0.342 e. The van der Waals surface area contributed by atoms with Gasteiger partial charge in [0, 0.05) is 38.4 Å². The van der Waals surface area contributed by atoms with Crippen molar-refractivity contribution in [1.29, 1.82) is 0 Å². The predicted molar refractivity (Wildman–Crippen MR) is 85.3 cm³/mol. The molecule has 1 aromatic rings. The number of pyridine rings is 1. The molecule has 0 unspecified atom stereocenters. The molecule has 0 radical (unpaired) electrons. The van der Waals surface area contributed by atoms with Gasteiger partial charge in [-0.25, -0.2) is 4.98 Å². The lowest BCUT2D eigenvalue weighted by Crippen LogP contribution is -2.62. The van der Waals surface area contributed by atoms with Crippen LogP contribution >= 0.6 is 0 Å². The Balaban J connectivity index is 2.26. The average Bonchev–Trinajstić information content (AvgIpc) is 2.46. The van der Waals surface area contributed by atoms with E-state index >= 15 is 0 Å². The fourth-order valence-electron chi connectivity index (χ4n) is 2.80. The van der Waals surface area contributed by atoms with Crippen LogP contribution in [0.1, 0.15) is 32.8 Å². The first-order valence-corrected chi connectivity index (χ1v) is 7.66. The predicted octanol–water partition coefficient (Wildman–Crippen LogP) is 1.64. The molecule has 0 spiro atoms. The minimum Gasteiger partial charge on any atom is -0.342 e. The Labute approximate surface area is 127 Å². The van der Waals surface area contributed by atoms with Crippen LogP contribution in [0.25, 0.3) is 0 Å². The second-order valence-electron chi connectivity index (χ2n) is 6.10. The van der Waals surface area contributed by atoms with Gasteiger partial charge in [-0.05, 0) is 32.9 Å². The number of nitrogens with one attached hydrogen (secondary N) is 1. The molecule has 0 aliphatic carbocycles. The van der Waals surface area contributed by atoms with Crippen molar-refractivity contribution >= 4 is 11.7 Å². The van der Waals surface area contributed by atoms with Gasteiger partial charge in [0.25, 0.3) is 0 Å². The number of carbonyl (C=O) groups excluding carboxylic acids is 1. The first-order chi connectivity index (χ1) is 9.98. The summed E-state index contributed by atoms with van der Waals surface area (Å²) in [4.78, 5) is 20.9. The molecule has 1 aliphatic heterocycles. The van der Waals surface area contributed by atoms with Gasteiger partial charge in [-0.1, -0.05) is 13.0 Å². The number of hydrogen-bond donors (Lipinski definition) is 1. The standard InChI is InChI=1S/C16H26N4O/c1-5-8-17-12-13-7-6-9-18-14(13)20-11-10-19(4)15(21)16(20,2)3/h6-7,9,17H,5,8,10-12H2,1-4H3. The third-order valence-electron chi connectivity index (χ3n) is 4.07. The summed E-state index contributed by atoms with van der Waals surface area (Å²) in [5.74, 6) is 1.07. The summed E-state index contributed by atoms with van der Waals surface area (Å²) in [6, 6.07) is 4.04. The molecule has 21 heavy (non-hydrogen) atoms. The zero-order valence-electron chi connectivity index (χ0n) is 13.5. The monoisotopic (exact) mass is 290 g/mol. The molecule has 1 aliphatic rings. The molecule has 1 amide bonds. The lowest BCUT2D eigenvalue weighted by molar-refractivity contribution is -0.136. The lowest BCUT2D eigenvalue weighted by Gasteiger charge is -2.46. The van der Waals surface area contributed by atoms with Crippen molar-refractivity contribution in [3.63, 3.8) is 0 Å². The van der Waals surface area contributed by atoms with E-state index in [0.29, 0.717) is 0 Å². The third kappa shape index (κ3) is 3.18. The number of rotatable bonds is 5. The Hall–Kier alpha value is -1.62. The van der Waals surface area contributed by atoms with Gasteiger partial charge in [-0.15, -0.1) is 0 Å². The summed E-state index contributed by atoms with van der Waals surface area (Å²) < 4.78 is 0. The molecule has 2 heterocycles. The Bertz CT molecular complexity index is 501. The highest BCUT2D eigenvalue weighted by Gasteiger charge is 2.41. The highest BCUT2D eigenvalue weighted by Crippen LogP contribution is 2.29. The van der Waals surface area contributed by atoms with Crippen LogP contribution in [0, 0.1) is 0 Å². The Kier molecular flexibility index (Phi) is 4.83. The van der Waals surface area contributed by atoms with Crippen molar-refractivity contribution in [2.45, 2.75) is 39.3 Å². The first-order valence-electron chi connectivity index (χ1n) is 7.66. The minimum absolute atomic E-state index is 0.145. The molecule has 0 atom stereocenters. The molecule has 1 saturated heterocycles. The summed E-state index contributed by atoms with van der Waals surface area (Å²) >= 11 is 0. The molecule has 5 nitrogen and oxygen atoms in total. The summed E-state index contributed by atoms with van der Waals surface area (Å²) in [6.07, 6.45) is 2.91. The quantitative estimate of drug-likeness (QED) is 0.838. The molecular formula is C16H26N4O. The van der Waals surface area contributed by atoms with Gasteiger partial charge in [-0.2, -0.15) is 0 Å². The van der Waals surface area contributed by atoms with Crippen LogP contribution in [0.2, 0.25) is 0 Å². The zero-order valence-corrected chi connectivity index (χ0v) is 13.5. The molecule has 0 aromatic carbocycles. The van der Waals surface area contributed by atoms with Gasteiger partial charge >= 0.3 is 0 Å². The highest BCUT2D eigenvalue weighted by molar-refractivity contribution is 5.90. The van der Waals surface area contributed by atoms with E-state index in [4.69, 9.17) is 0 Å². The maximum atomic E-state index is 12.4. The maximum Gasteiger partial charge on any atom is 0.247 e. The normalized spacial score (nSPS) is 18.2. The molecule has 1 aromatic heterocycles. The number of hydrogen-bond acceptors (Lipinski definition) is 4. The number of anilines is 1. The number of amides is 1. The molecule has 2 rings (SSSR count). The SMILES string of the molecule is CCCNCc1cccnc1N1CCN(C)C(=O)C1(C)C. The van der Waals surface area contributed by atoms with Crippen LogP contribution < -0.4 is 10.2 Å². The number of likely N-dealkylation sites (N-methyl/N-ethyl adjacent to an activating group) is 1. The van der Waals surface area contributed by atoms with Gasteiger partial charge in [-0.3, -0.25) is 4.79 Å². The third-order valence-corrected chi connectivity index (χ3v) is 4.07. The fraction of sp³-hybridized carbons (Fsp3) is 0.625. The van der Waals surface area contributed by atoms with Crippen molar-refractivity contribution < 1.29 is 4.79 Å². The number of carbonyl (C=O) groups is 1. The molecular weight excluding hydrogens is 264 g/mol. The number of nitrogens with zero attached hydrogens (tertiary/aromatic N) is 3. The Morgan fingerprint density at radius 1 is 1.38 bits per heavy atom. The van der Waals surface area contributed by atoms with E-state index in [-0.39, 0.29) is 5.91 Å². The van der Waals surface area contributed by atoms with Gasteiger partial charge in [0.05, 0.1) is 0 Å². The van der Waals surface area contributed by atoms with E-state index < -0.39 is 5.54 Å². The molecule has 116 valence electrons. The smallest absolute Gasteiger partial charge is 0.247 e. The van der Waals surface area contributed by atoms with Gasteiger partial charge in [0.1, 0.15) is 11.4 Å². The van der Waals surface area contributed by atoms with Crippen molar-refractivity contribution in [2.75, 3.05) is 31.6 Å². The van der Waals surface area contributed by atoms with Gasteiger partial charge in [0.2, 0.25) is 5.91 Å². The van der Waals surface area contributed by atoms with E-state index in [1.165, 1.54) is 0 Å². The van der Waals surface area contributed by atoms with E-state index in [0.717, 1.165) is 44.0 Å². The van der Waals surface area contributed by atoms with Gasteiger partial charge < -0.3 is 15.1 Å². The van der Waals surface area contributed by atoms with Crippen LogP contribution in [-0.2, 0) is 11.3 Å². The second kappa shape index (κ2) is 6.43. The zero-order chi connectivity index (χ0) is 15.5. The summed E-state index contributed by atoms with van der Waals surface area (Å²) in [5.41, 5.74) is 0.595. The highest BCUT2D eigenvalue weighted by atomic mass is 16.2. The van der Waals surface area contributed by atoms with Crippen LogP contribution in [0.15, 0.2) is 18.3 Å². The number of aromatic nitrogens is 1. The van der Waals surface area contributed by atoms with Crippen molar-refractivity contribution in [2.24, 2.45) is 0 Å². The Morgan fingerprint density at radius 3 is 2.86 bits per heavy atom. The summed E-state index contributed by atoms with van der Waals surface area (Å²) in [7, 11) is 1.86. The maximum absolute atomic E-state index is 12.4. The van der Waals surface area contributed by atoms with Crippen LogP contribution in [0.5, 0.6) is 0 Å². The minimum atomic E-state index is -0.555. The average molecular weight is 290 g/mol. The van der Waals surface area contributed by atoms with Crippen LogP contribution in [0.4, 0.5) is 5.82 Å². The molecule has 5 heteroatoms. The number of piperazine rings is 1. The Morgan fingerprint density at radius 2 is 2.14 bits per heavy atom. The van der Waals surface area contributed by atoms with E-state index in [2.05, 4.69) is 28.2 Å². The van der Waals surface area contributed by atoms with E-state index in [1.54, 1.807) is 11.1 Å². The summed E-state index contributed by atoms with van der Waals surface area (Å²) in [5, 5.41) is 3.42. The summed E-state index contributed by atoms with van der Waals surface area (Å²) in [6.45, 7) is 9.42. The van der Waals surface area contributed by atoms with Crippen molar-refractivity contribution in [3.8, 4) is 0 Å². The molecule has 0 bridgehead atoms. The molecule has 1 N–H and O–H groups in total. The fourth-order valence-corrected chi connectivity index (χ4v) is 2.80. The van der Waals surface area contributed by atoms with Crippen molar-refractivity contribution in [1.82, 2.24) is 15.2 Å². The van der Waals surface area contributed by atoms with Crippen LogP contribution in [-0.4, -0.2) is 48.0 Å². The van der Waals surface area contributed by atoms with Gasteiger partial charge in [0.15, 0.2) is 0 Å². The van der Waals surface area contributed by atoms with Crippen molar-refractivity contribution in [3.05, 3.63) is 23.9 Å². The lowest BCUT2D eigenvalue weighted by atomic mass is 9.97.